The van der Waals surface area contributed by atoms with Gasteiger partial charge in [-0.1, -0.05) is 0 Å². The fraction of sp³-hybridized carbons (Fsp3) is 0.632. The second kappa shape index (κ2) is 9.00. The average Bonchev–Trinajstić information content (AvgIpc) is 2.68. The summed E-state index contributed by atoms with van der Waals surface area (Å²) in [6.45, 7) is 2.71. The van der Waals surface area contributed by atoms with Crippen molar-refractivity contribution in [1.82, 2.24) is 14.9 Å². The van der Waals surface area contributed by atoms with Gasteiger partial charge in [0.2, 0.25) is 10.0 Å². The second-order valence-corrected chi connectivity index (χ2v) is 9.50. The SMILES string of the molecule is COc1ccc(N2CCC(NC(=O)NC3CCN(S(C)(=O)=O)CC3)CC2)cc1. The van der Waals surface area contributed by atoms with Crippen LogP contribution < -0.4 is 20.3 Å². The molecule has 0 atom stereocenters. The third-order valence-electron chi connectivity index (χ3n) is 5.53. The second-order valence-electron chi connectivity index (χ2n) is 7.51. The summed E-state index contributed by atoms with van der Waals surface area (Å²) >= 11 is 0. The standard InChI is InChI=1S/C19H30N4O4S/c1-27-18-5-3-17(4-6-18)22-11-7-15(8-12-22)20-19(24)21-16-9-13-23(14-10-16)28(2,25)26/h3-6,15-16H,7-14H2,1-2H3,(H2,20,21,24). The Morgan fingerprint density at radius 3 is 1.93 bits per heavy atom. The van der Waals surface area contributed by atoms with Crippen LogP contribution in [0.4, 0.5) is 10.5 Å². The lowest BCUT2D eigenvalue weighted by Crippen LogP contribution is -2.52. The number of amides is 2. The predicted octanol–water partition coefficient (Wildman–Crippen LogP) is 1.39. The third kappa shape index (κ3) is 5.51. The van der Waals surface area contributed by atoms with E-state index in [2.05, 4.69) is 27.7 Å². The summed E-state index contributed by atoms with van der Waals surface area (Å²) in [6, 6.07) is 8.07. The normalized spacial score (nSPS) is 20.0. The maximum Gasteiger partial charge on any atom is 0.315 e. The molecule has 2 aliphatic rings. The minimum atomic E-state index is -3.14. The highest BCUT2D eigenvalue weighted by Gasteiger charge is 2.27. The van der Waals surface area contributed by atoms with Gasteiger partial charge in [0.05, 0.1) is 13.4 Å². The molecule has 0 bridgehead atoms. The lowest BCUT2D eigenvalue weighted by Gasteiger charge is -2.35. The average molecular weight is 411 g/mol. The molecule has 1 aromatic carbocycles. The van der Waals surface area contributed by atoms with Crippen LogP contribution in [-0.2, 0) is 10.0 Å². The molecular weight excluding hydrogens is 380 g/mol. The molecule has 2 saturated heterocycles. The maximum absolute atomic E-state index is 12.3. The molecule has 0 aliphatic carbocycles. The van der Waals surface area contributed by atoms with Gasteiger partial charge in [-0.3, -0.25) is 0 Å². The third-order valence-corrected chi connectivity index (χ3v) is 6.83. The quantitative estimate of drug-likeness (QED) is 0.765. The predicted molar refractivity (Wildman–Crippen MR) is 109 cm³/mol. The van der Waals surface area contributed by atoms with E-state index in [0.29, 0.717) is 25.9 Å². The number of ether oxygens (including phenoxy) is 1. The Bertz CT molecular complexity index is 753. The Labute approximate surface area is 167 Å². The maximum atomic E-state index is 12.3. The molecule has 3 rings (SSSR count). The van der Waals surface area contributed by atoms with E-state index in [4.69, 9.17) is 4.74 Å². The van der Waals surface area contributed by atoms with Crippen molar-refractivity contribution in [3.8, 4) is 5.75 Å². The number of carbonyl (C=O) groups is 1. The number of nitrogens with one attached hydrogen (secondary N) is 2. The highest BCUT2D eigenvalue weighted by atomic mass is 32.2. The minimum Gasteiger partial charge on any atom is -0.497 e. The van der Waals surface area contributed by atoms with Gasteiger partial charge in [-0.15, -0.1) is 0 Å². The van der Waals surface area contributed by atoms with Crippen molar-refractivity contribution >= 4 is 21.7 Å². The summed E-state index contributed by atoms with van der Waals surface area (Å²) in [5, 5.41) is 6.06. The van der Waals surface area contributed by atoms with Crippen molar-refractivity contribution in [3.63, 3.8) is 0 Å². The molecule has 0 saturated carbocycles. The molecule has 9 heteroatoms. The number of anilines is 1. The first-order valence-corrected chi connectivity index (χ1v) is 11.6. The van der Waals surface area contributed by atoms with Crippen molar-refractivity contribution < 1.29 is 17.9 Å². The summed E-state index contributed by atoms with van der Waals surface area (Å²) in [4.78, 5) is 14.6. The topological polar surface area (TPSA) is 91.0 Å². The van der Waals surface area contributed by atoms with Gasteiger partial charge in [0, 0.05) is 44.0 Å². The minimum absolute atomic E-state index is 0.0254. The van der Waals surface area contributed by atoms with Crippen molar-refractivity contribution in [2.75, 3.05) is 44.4 Å². The first-order chi connectivity index (χ1) is 13.3. The first kappa shape index (κ1) is 20.7. The van der Waals surface area contributed by atoms with Crippen molar-refractivity contribution in [1.29, 1.82) is 0 Å². The van der Waals surface area contributed by atoms with E-state index in [1.807, 2.05) is 12.1 Å². The molecule has 1 aromatic rings. The zero-order valence-corrected chi connectivity index (χ0v) is 17.4. The van der Waals surface area contributed by atoms with E-state index in [1.54, 1.807) is 7.11 Å². The lowest BCUT2D eigenvalue weighted by molar-refractivity contribution is 0.222. The number of rotatable bonds is 5. The Balaban J connectivity index is 1.39. The highest BCUT2D eigenvalue weighted by molar-refractivity contribution is 7.88. The largest absolute Gasteiger partial charge is 0.497 e. The number of carbonyl (C=O) groups excluding carboxylic acids is 1. The zero-order valence-electron chi connectivity index (χ0n) is 16.6. The fourth-order valence-electron chi connectivity index (χ4n) is 3.82. The Hall–Kier alpha value is -2.00. The first-order valence-electron chi connectivity index (χ1n) is 9.76. The molecule has 156 valence electrons. The van der Waals surface area contributed by atoms with Gasteiger partial charge in [0.15, 0.2) is 0 Å². The number of methoxy groups -OCH3 is 1. The summed E-state index contributed by atoms with van der Waals surface area (Å²) < 4.78 is 29.8. The van der Waals surface area contributed by atoms with Crippen LogP contribution >= 0.6 is 0 Å². The van der Waals surface area contributed by atoms with Crippen LogP contribution in [0.5, 0.6) is 5.75 Å². The molecule has 2 fully saturated rings. The number of piperidine rings is 2. The van der Waals surface area contributed by atoms with Gasteiger partial charge < -0.3 is 20.3 Å². The Morgan fingerprint density at radius 1 is 0.964 bits per heavy atom. The van der Waals surface area contributed by atoms with Crippen molar-refractivity contribution in [3.05, 3.63) is 24.3 Å². The molecule has 0 radical (unpaired) electrons. The summed E-state index contributed by atoms with van der Waals surface area (Å²) in [7, 11) is -1.48. The molecule has 2 aliphatic heterocycles. The molecule has 8 nitrogen and oxygen atoms in total. The number of urea groups is 1. The van der Waals surface area contributed by atoms with Gasteiger partial charge in [0.25, 0.3) is 0 Å². The van der Waals surface area contributed by atoms with Crippen LogP contribution in [0.1, 0.15) is 25.7 Å². The van der Waals surface area contributed by atoms with Crippen LogP contribution in [0.3, 0.4) is 0 Å². The van der Waals surface area contributed by atoms with E-state index in [1.165, 1.54) is 16.2 Å². The van der Waals surface area contributed by atoms with Gasteiger partial charge >= 0.3 is 6.03 Å². The molecule has 0 spiro atoms. The Morgan fingerprint density at radius 2 is 1.46 bits per heavy atom. The number of hydrogen-bond donors (Lipinski definition) is 2. The molecule has 2 N–H and O–H groups in total. The summed E-state index contributed by atoms with van der Waals surface area (Å²) in [5.41, 5.74) is 1.17. The van der Waals surface area contributed by atoms with Crippen LogP contribution in [0.15, 0.2) is 24.3 Å². The van der Waals surface area contributed by atoms with Crippen molar-refractivity contribution in [2.45, 2.75) is 37.8 Å². The Kier molecular flexibility index (Phi) is 6.66. The molecule has 0 aromatic heterocycles. The van der Waals surface area contributed by atoms with Gasteiger partial charge in [-0.05, 0) is 49.9 Å². The zero-order chi connectivity index (χ0) is 20.1. The van der Waals surface area contributed by atoms with Crippen LogP contribution in [0.25, 0.3) is 0 Å². The number of nitrogens with zero attached hydrogens (tertiary/aromatic N) is 2. The van der Waals surface area contributed by atoms with Crippen molar-refractivity contribution in [2.24, 2.45) is 0 Å². The van der Waals surface area contributed by atoms with Gasteiger partial charge in [0.1, 0.15) is 5.75 Å². The molecule has 28 heavy (non-hydrogen) atoms. The number of benzene rings is 1. The summed E-state index contributed by atoms with van der Waals surface area (Å²) in [5.74, 6) is 0.847. The number of hydrogen-bond acceptors (Lipinski definition) is 5. The molecule has 0 unspecified atom stereocenters. The smallest absolute Gasteiger partial charge is 0.315 e. The molecule has 2 heterocycles. The van der Waals surface area contributed by atoms with E-state index < -0.39 is 10.0 Å². The van der Waals surface area contributed by atoms with E-state index in [0.717, 1.165) is 31.7 Å². The monoisotopic (exact) mass is 410 g/mol. The lowest BCUT2D eigenvalue weighted by atomic mass is 10.0. The van der Waals surface area contributed by atoms with E-state index >= 15 is 0 Å². The van der Waals surface area contributed by atoms with E-state index in [-0.39, 0.29) is 18.1 Å². The fourth-order valence-corrected chi connectivity index (χ4v) is 4.69. The molecular formula is C19H30N4O4S. The highest BCUT2D eigenvalue weighted by Crippen LogP contribution is 2.23. The van der Waals surface area contributed by atoms with Crippen LogP contribution in [0, 0.1) is 0 Å². The van der Waals surface area contributed by atoms with Crippen LogP contribution in [-0.4, -0.2) is 70.4 Å². The van der Waals surface area contributed by atoms with E-state index in [9.17, 15) is 13.2 Å². The molecule has 2 amide bonds. The van der Waals surface area contributed by atoms with Gasteiger partial charge in [-0.25, -0.2) is 17.5 Å². The summed E-state index contributed by atoms with van der Waals surface area (Å²) in [6.07, 6.45) is 4.32. The number of sulfonamides is 1. The van der Waals surface area contributed by atoms with Crippen LogP contribution in [0.2, 0.25) is 0 Å². The van der Waals surface area contributed by atoms with Gasteiger partial charge in [-0.2, -0.15) is 0 Å².